The number of para-hydroxylation sites is 1. The molecule has 0 bridgehead atoms. The first-order valence-electron chi connectivity index (χ1n) is 5.80. The van der Waals surface area contributed by atoms with Gasteiger partial charge >= 0.3 is 0 Å². The van der Waals surface area contributed by atoms with E-state index in [1.165, 1.54) is 4.90 Å². The Kier molecular flexibility index (Phi) is 3.45. The van der Waals surface area contributed by atoms with Crippen molar-refractivity contribution in [2.24, 2.45) is 11.7 Å². The van der Waals surface area contributed by atoms with Crippen molar-refractivity contribution in [1.29, 1.82) is 0 Å². The van der Waals surface area contributed by atoms with Gasteiger partial charge in [0, 0.05) is 17.9 Å². The topological polar surface area (TPSA) is 63.4 Å². The number of amides is 2. The molecular formula is C14H14N2O2. The van der Waals surface area contributed by atoms with Gasteiger partial charge in [-0.3, -0.25) is 9.59 Å². The second-order valence-electron chi connectivity index (χ2n) is 4.20. The van der Waals surface area contributed by atoms with Crippen molar-refractivity contribution in [3.63, 3.8) is 0 Å². The van der Waals surface area contributed by atoms with Crippen LogP contribution in [0.4, 0.5) is 5.69 Å². The van der Waals surface area contributed by atoms with Gasteiger partial charge in [0.05, 0.1) is 12.2 Å². The second kappa shape index (κ2) is 5.03. The summed E-state index contributed by atoms with van der Waals surface area (Å²) in [5.41, 5.74) is 6.54. The lowest BCUT2D eigenvalue weighted by Crippen LogP contribution is -2.30. The zero-order valence-corrected chi connectivity index (χ0v) is 10.1. The van der Waals surface area contributed by atoms with Crippen LogP contribution in [-0.2, 0) is 9.59 Å². The average molecular weight is 242 g/mol. The first-order valence-corrected chi connectivity index (χ1v) is 5.80. The van der Waals surface area contributed by atoms with Crippen LogP contribution >= 0.6 is 0 Å². The lowest BCUT2D eigenvalue weighted by Gasteiger charge is -2.16. The Hall–Kier alpha value is -2.12. The normalized spacial score (nSPS) is 18.8. The molecule has 1 aliphatic rings. The van der Waals surface area contributed by atoms with Gasteiger partial charge in [0.2, 0.25) is 11.8 Å². The highest BCUT2D eigenvalue weighted by atomic mass is 16.2. The number of rotatable bonds is 1. The van der Waals surface area contributed by atoms with Crippen LogP contribution in [-0.4, -0.2) is 18.4 Å². The summed E-state index contributed by atoms with van der Waals surface area (Å²) in [5, 5.41) is 0. The molecule has 4 nitrogen and oxygen atoms in total. The zero-order valence-electron chi connectivity index (χ0n) is 10.1. The number of nitrogens with two attached hydrogens (primary N) is 1. The third-order valence-electron chi connectivity index (χ3n) is 2.84. The molecule has 1 aromatic rings. The Bertz CT molecular complexity index is 554. The number of hydrogen-bond acceptors (Lipinski definition) is 3. The maximum Gasteiger partial charge on any atom is 0.237 e. The minimum atomic E-state index is -0.256. The third-order valence-corrected chi connectivity index (χ3v) is 2.84. The van der Waals surface area contributed by atoms with Gasteiger partial charge in [-0.25, -0.2) is 4.90 Å². The summed E-state index contributed by atoms with van der Waals surface area (Å²) in [7, 11) is 0. The molecule has 0 saturated carbocycles. The maximum absolute atomic E-state index is 12.0. The lowest BCUT2D eigenvalue weighted by molar-refractivity contribution is -0.122. The number of imide groups is 1. The van der Waals surface area contributed by atoms with Crippen molar-refractivity contribution in [2.75, 3.05) is 11.4 Å². The number of nitrogens with zero attached hydrogens (tertiary/aromatic N) is 1. The summed E-state index contributed by atoms with van der Waals surface area (Å²) in [6.07, 6.45) is 0.261. The Morgan fingerprint density at radius 2 is 2.11 bits per heavy atom. The molecule has 0 radical (unpaired) electrons. The SMILES string of the molecule is CC1CC(=O)N(c2ccccc2C#CCN)C1=O. The molecule has 2 N–H and O–H groups in total. The van der Waals surface area contributed by atoms with E-state index in [2.05, 4.69) is 11.8 Å². The Morgan fingerprint density at radius 1 is 1.39 bits per heavy atom. The molecule has 18 heavy (non-hydrogen) atoms. The monoisotopic (exact) mass is 242 g/mol. The first kappa shape index (κ1) is 12.3. The zero-order chi connectivity index (χ0) is 13.1. The summed E-state index contributed by atoms with van der Waals surface area (Å²) >= 11 is 0. The molecule has 1 fully saturated rings. The molecule has 0 spiro atoms. The molecule has 1 aliphatic heterocycles. The minimum absolute atomic E-state index is 0.165. The van der Waals surface area contributed by atoms with Gasteiger partial charge in [-0.2, -0.15) is 0 Å². The molecule has 1 heterocycles. The molecule has 4 heteroatoms. The number of carbonyl (C=O) groups is 2. The Labute approximate surface area is 106 Å². The quantitative estimate of drug-likeness (QED) is 0.587. The van der Waals surface area contributed by atoms with Gasteiger partial charge in [0.1, 0.15) is 0 Å². The van der Waals surface area contributed by atoms with Gasteiger partial charge in [-0.1, -0.05) is 30.9 Å². The average Bonchev–Trinajstić information content (AvgIpc) is 2.61. The molecule has 1 atom stereocenters. The van der Waals surface area contributed by atoms with Crippen molar-refractivity contribution < 1.29 is 9.59 Å². The Balaban J connectivity index is 2.45. The summed E-state index contributed by atoms with van der Waals surface area (Å²) in [6.45, 7) is 2.00. The van der Waals surface area contributed by atoms with Crippen LogP contribution in [0.3, 0.4) is 0 Å². The predicted molar refractivity (Wildman–Crippen MR) is 68.6 cm³/mol. The Morgan fingerprint density at radius 3 is 2.72 bits per heavy atom. The van der Waals surface area contributed by atoms with E-state index in [9.17, 15) is 9.59 Å². The van der Waals surface area contributed by atoms with Crippen LogP contribution < -0.4 is 10.6 Å². The predicted octanol–water partition coefficient (Wildman–Crippen LogP) is 0.896. The van der Waals surface area contributed by atoms with Gasteiger partial charge in [-0.05, 0) is 12.1 Å². The molecule has 2 rings (SSSR count). The van der Waals surface area contributed by atoms with Crippen molar-refractivity contribution in [1.82, 2.24) is 0 Å². The van der Waals surface area contributed by atoms with Crippen molar-refractivity contribution in [3.8, 4) is 11.8 Å². The molecule has 0 aromatic heterocycles. The number of benzene rings is 1. The summed E-state index contributed by atoms with van der Waals surface area (Å²) in [5.74, 6) is 5.03. The molecule has 1 saturated heterocycles. The number of hydrogen-bond donors (Lipinski definition) is 1. The van der Waals surface area contributed by atoms with Gasteiger partial charge in [-0.15, -0.1) is 0 Å². The van der Waals surface area contributed by atoms with Gasteiger partial charge in [0.25, 0.3) is 0 Å². The smallest absolute Gasteiger partial charge is 0.237 e. The number of carbonyl (C=O) groups excluding carboxylic acids is 2. The van der Waals surface area contributed by atoms with E-state index in [0.717, 1.165) is 0 Å². The minimum Gasteiger partial charge on any atom is -0.320 e. The van der Waals surface area contributed by atoms with Crippen LogP contribution in [0.1, 0.15) is 18.9 Å². The highest BCUT2D eigenvalue weighted by Gasteiger charge is 2.37. The van der Waals surface area contributed by atoms with Gasteiger partial charge < -0.3 is 5.73 Å². The summed E-state index contributed by atoms with van der Waals surface area (Å²) in [4.78, 5) is 25.1. The molecule has 1 unspecified atom stereocenters. The van der Waals surface area contributed by atoms with Crippen molar-refractivity contribution in [2.45, 2.75) is 13.3 Å². The number of anilines is 1. The molecule has 92 valence electrons. The van der Waals surface area contributed by atoms with E-state index < -0.39 is 0 Å². The van der Waals surface area contributed by atoms with E-state index in [-0.39, 0.29) is 30.7 Å². The fraction of sp³-hybridized carbons (Fsp3) is 0.286. The van der Waals surface area contributed by atoms with Crippen LogP contribution in [0.5, 0.6) is 0 Å². The fourth-order valence-electron chi connectivity index (χ4n) is 1.96. The van der Waals surface area contributed by atoms with E-state index >= 15 is 0 Å². The molecule has 1 aromatic carbocycles. The molecular weight excluding hydrogens is 228 g/mol. The van der Waals surface area contributed by atoms with Crippen LogP contribution in [0.15, 0.2) is 24.3 Å². The highest BCUT2D eigenvalue weighted by molar-refractivity contribution is 6.21. The van der Waals surface area contributed by atoms with E-state index in [1.54, 1.807) is 25.1 Å². The standard InChI is InChI=1S/C14H14N2O2/c1-10-9-13(17)16(14(10)18)12-7-3-2-5-11(12)6-4-8-15/h2-3,5,7,10H,8-9,15H2,1H3. The molecule has 2 amide bonds. The van der Waals surface area contributed by atoms with Crippen molar-refractivity contribution in [3.05, 3.63) is 29.8 Å². The third kappa shape index (κ3) is 2.13. The van der Waals surface area contributed by atoms with E-state index in [0.29, 0.717) is 11.3 Å². The second-order valence-corrected chi connectivity index (χ2v) is 4.20. The van der Waals surface area contributed by atoms with E-state index in [1.807, 2.05) is 6.07 Å². The lowest BCUT2D eigenvalue weighted by atomic mass is 10.1. The highest BCUT2D eigenvalue weighted by Crippen LogP contribution is 2.28. The maximum atomic E-state index is 12.0. The molecule has 0 aliphatic carbocycles. The van der Waals surface area contributed by atoms with Crippen molar-refractivity contribution >= 4 is 17.5 Å². The van der Waals surface area contributed by atoms with Crippen LogP contribution in [0.25, 0.3) is 0 Å². The first-order chi connectivity index (χ1) is 8.65. The fourth-order valence-corrected chi connectivity index (χ4v) is 1.96. The van der Waals surface area contributed by atoms with Crippen LogP contribution in [0.2, 0.25) is 0 Å². The summed E-state index contributed by atoms with van der Waals surface area (Å²) < 4.78 is 0. The van der Waals surface area contributed by atoms with Gasteiger partial charge in [0.15, 0.2) is 0 Å². The summed E-state index contributed by atoms with van der Waals surface area (Å²) in [6, 6.07) is 7.11. The largest absolute Gasteiger partial charge is 0.320 e. The van der Waals surface area contributed by atoms with E-state index in [4.69, 9.17) is 5.73 Å². The van der Waals surface area contributed by atoms with Crippen LogP contribution in [0, 0.1) is 17.8 Å².